The maximum Gasteiger partial charge on any atom is 1.00 e. The van der Waals surface area contributed by atoms with Crippen molar-refractivity contribution in [3.8, 4) is 0 Å². The summed E-state index contributed by atoms with van der Waals surface area (Å²) in [5, 5.41) is 8.32. The van der Waals surface area contributed by atoms with Gasteiger partial charge in [0, 0.05) is 5.76 Å². The third-order valence-electron chi connectivity index (χ3n) is 0.368. The molecule has 0 rings (SSSR count). The first-order valence-electron chi connectivity index (χ1n) is 1.85. The van der Waals surface area contributed by atoms with Crippen molar-refractivity contribution in [2.45, 2.75) is 0 Å². The average molecular weight is 134 g/mol. The van der Waals surface area contributed by atoms with E-state index < -0.39 is 0 Å². The Morgan fingerprint density at radius 3 is 2.25 bits per heavy atom. The van der Waals surface area contributed by atoms with Crippen LogP contribution in [0.15, 0.2) is 31.1 Å². The van der Waals surface area contributed by atoms with Crippen molar-refractivity contribution < 1.29 is 56.5 Å². The molecule has 0 saturated heterocycles. The molecule has 38 valence electrons. The van der Waals surface area contributed by atoms with Gasteiger partial charge in [0.05, 0.1) is 0 Å². The zero-order valence-corrected chi connectivity index (χ0v) is 8.14. The van der Waals surface area contributed by atoms with Crippen LogP contribution in [-0.4, -0.2) is 5.11 Å². The van der Waals surface area contributed by atoms with Crippen LogP contribution in [0.2, 0.25) is 0 Å². The van der Waals surface area contributed by atoms with Gasteiger partial charge in [-0.1, -0.05) is 0 Å². The zero-order valence-electron chi connectivity index (χ0n) is 5.02. The second-order valence-electron chi connectivity index (χ2n) is 1.01. The molecule has 0 amide bonds. The molecule has 1 nitrogen and oxygen atoms in total. The van der Waals surface area contributed by atoms with Gasteiger partial charge in [0.2, 0.25) is 0 Å². The number of rotatable bonds is 2. The molecule has 0 heterocycles. The van der Waals surface area contributed by atoms with Gasteiger partial charge in [-0.05, 0) is 0 Å². The standard InChI is InChI=1S/C6H7O.K/c1-3-4-5-6(2)7;/h3,5,7H,1-2H2;/q-1;+1. The Morgan fingerprint density at radius 1 is 1.62 bits per heavy atom. The molecule has 0 atom stereocenters. The normalized spacial score (nSPS) is 8.00. The Balaban J connectivity index is 0. The molecule has 8 heavy (non-hydrogen) atoms. The van der Waals surface area contributed by atoms with Gasteiger partial charge in [-0.2, -0.15) is 18.7 Å². The number of hydrogen-bond acceptors (Lipinski definition) is 1. The second-order valence-corrected chi connectivity index (χ2v) is 1.01. The molecule has 0 bridgehead atoms. The molecule has 0 fully saturated rings. The molecule has 0 saturated carbocycles. The van der Waals surface area contributed by atoms with Crippen LogP contribution in [0.25, 0.3) is 0 Å². The molecule has 2 heteroatoms. The zero-order chi connectivity index (χ0) is 5.70. The van der Waals surface area contributed by atoms with Crippen LogP contribution in [0.3, 0.4) is 0 Å². The summed E-state index contributed by atoms with van der Waals surface area (Å²) in [7, 11) is 0. The van der Waals surface area contributed by atoms with Gasteiger partial charge in [0.15, 0.2) is 0 Å². The van der Waals surface area contributed by atoms with E-state index in [2.05, 4.69) is 19.2 Å². The molecule has 0 aromatic rings. The van der Waals surface area contributed by atoms with Gasteiger partial charge in [-0.3, -0.25) is 0 Å². The maximum atomic E-state index is 8.32. The number of hydrogen-bond donors (Lipinski definition) is 1. The van der Waals surface area contributed by atoms with Crippen LogP contribution in [0.1, 0.15) is 0 Å². The summed E-state index contributed by atoms with van der Waals surface area (Å²) in [6, 6.07) is 0. The smallest absolute Gasteiger partial charge is 0.565 e. The van der Waals surface area contributed by atoms with Gasteiger partial charge < -0.3 is 5.11 Å². The van der Waals surface area contributed by atoms with Crippen LogP contribution in [0.5, 0.6) is 0 Å². The molecular weight excluding hydrogens is 127 g/mol. The Bertz CT molecular complexity index is 105. The first kappa shape index (κ1) is 11.5. The van der Waals surface area contributed by atoms with Crippen molar-refractivity contribution in [2.24, 2.45) is 0 Å². The van der Waals surface area contributed by atoms with Crippen molar-refractivity contribution in [3.63, 3.8) is 0 Å². The Kier molecular flexibility index (Phi) is 11.0. The summed E-state index contributed by atoms with van der Waals surface area (Å²) in [4.78, 5) is 0. The Hall–Kier alpha value is 0.656. The average Bonchev–Trinajstić information content (AvgIpc) is 1.61. The molecule has 0 radical (unpaired) electrons. The van der Waals surface area contributed by atoms with Crippen molar-refractivity contribution in [2.75, 3.05) is 0 Å². The van der Waals surface area contributed by atoms with E-state index in [9.17, 15) is 0 Å². The fourth-order valence-electron chi connectivity index (χ4n) is 0.155. The maximum absolute atomic E-state index is 8.32. The van der Waals surface area contributed by atoms with Crippen molar-refractivity contribution in [3.05, 3.63) is 37.1 Å². The summed E-state index contributed by atoms with van der Waals surface area (Å²) < 4.78 is 0. The third-order valence-corrected chi connectivity index (χ3v) is 0.368. The Labute approximate surface area is 92.2 Å². The fraction of sp³-hybridized carbons (Fsp3) is 0. The fourth-order valence-corrected chi connectivity index (χ4v) is 0.155. The van der Waals surface area contributed by atoms with Gasteiger partial charge in [-0.15, -0.1) is 12.7 Å². The minimum atomic E-state index is -0.0000926. The number of aliphatic hydroxyl groups is 1. The molecular formula is C6H7KO. The first-order valence-corrected chi connectivity index (χ1v) is 1.85. The van der Waals surface area contributed by atoms with Crippen LogP contribution in [0.4, 0.5) is 0 Å². The Morgan fingerprint density at radius 2 is 2.12 bits per heavy atom. The molecule has 0 unspecified atom stereocenters. The first-order chi connectivity index (χ1) is 3.27. The monoisotopic (exact) mass is 134 g/mol. The number of aliphatic hydroxyl groups excluding tert-OH is 1. The van der Waals surface area contributed by atoms with Crippen LogP contribution >= 0.6 is 0 Å². The van der Waals surface area contributed by atoms with Crippen molar-refractivity contribution in [1.82, 2.24) is 0 Å². The predicted molar refractivity (Wildman–Crippen MR) is 29.8 cm³/mol. The summed E-state index contributed by atoms with van der Waals surface area (Å²) >= 11 is 0. The third kappa shape index (κ3) is 9.82. The summed E-state index contributed by atoms with van der Waals surface area (Å²) in [5.41, 5.74) is 0. The quantitative estimate of drug-likeness (QED) is 0.213. The van der Waals surface area contributed by atoms with E-state index in [-0.39, 0.29) is 57.1 Å². The summed E-state index contributed by atoms with van der Waals surface area (Å²) in [5.74, 6) is -0.0000926. The second kappa shape index (κ2) is 7.66. The van der Waals surface area contributed by atoms with E-state index in [0.717, 1.165) is 0 Å². The van der Waals surface area contributed by atoms with Crippen molar-refractivity contribution in [1.29, 1.82) is 0 Å². The predicted octanol–water partition coefficient (Wildman–Crippen LogP) is -1.39. The topological polar surface area (TPSA) is 20.2 Å². The minimum Gasteiger partial charge on any atom is -0.565 e. The molecule has 0 aromatic heterocycles. The SMILES string of the molecule is C=C[C-]=CC(=C)O.[K+]. The van der Waals surface area contributed by atoms with E-state index in [1.54, 1.807) is 0 Å². The van der Waals surface area contributed by atoms with Crippen LogP contribution in [0, 0.1) is 6.08 Å². The van der Waals surface area contributed by atoms with E-state index in [0.29, 0.717) is 0 Å². The minimum absolute atomic E-state index is 0. The van der Waals surface area contributed by atoms with E-state index >= 15 is 0 Å². The molecule has 0 spiro atoms. The molecule has 0 aliphatic carbocycles. The van der Waals surface area contributed by atoms with Gasteiger partial charge in [-0.25, -0.2) is 0 Å². The van der Waals surface area contributed by atoms with E-state index in [1.165, 1.54) is 12.2 Å². The summed E-state index contributed by atoms with van der Waals surface area (Å²) in [6.07, 6.45) is 5.32. The van der Waals surface area contributed by atoms with Gasteiger partial charge in [0.25, 0.3) is 0 Å². The number of allylic oxidation sites excluding steroid dienone is 3. The molecule has 0 aliphatic heterocycles. The largest absolute Gasteiger partial charge is 1.00 e. The van der Waals surface area contributed by atoms with Crippen LogP contribution in [-0.2, 0) is 0 Å². The van der Waals surface area contributed by atoms with Gasteiger partial charge >= 0.3 is 51.4 Å². The molecule has 1 N–H and O–H groups in total. The molecule has 0 aromatic carbocycles. The summed E-state index contributed by atoms with van der Waals surface area (Å²) in [6.45, 7) is 6.52. The van der Waals surface area contributed by atoms with Crippen molar-refractivity contribution >= 4 is 0 Å². The van der Waals surface area contributed by atoms with Gasteiger partial charge in [0.1, 0.15) is 0 Å². The van der Waals surface area contributed by atoms with Crippen LogP contribution < -0.4 is 51.4 Å². The molecule has 0 aliphatic rings. The van der Waals surface area contributed by atoms with E-state index in [1.807, 2.05) is 0 Å². The van der Waals surface area contributed by atoms with E-state index in [4.69, 9.17) is 5.11 Å².